The van der Waals surface area contributed by atoms with E-state index in [0.717, 1.165) is 16.7 Å². The zero-order valence-corrected chi connectivity index (χ0v) is 13.5. The standard InChI is InChI=1S/C17H23N3O2/c1-10(2)9-14(17(21)22)19-16-12-7-5-6-8-13(12)18-15(20-16)11(3)4/h5-8,10-11,14H,9H2,1-4H3,(H,21,22)(H,18,19,20). The SMILES string of the molecule is CC(C)CC(Nc1nc(C(C)C)nc2ccccc12)C(=O)O. The predicted molar refractivity (Wildman–Crippen MR) is 88.1 cm³/mol. The summed E-state index contributed by atoms with van der Waals surface area (Å²) in [5, 5.41) is 13.4. The summed E-state index contributed by atoms with van der Waals surface area (Å²) in [5.74, 6) is 0.921. The monoisotopic (exact) mass is 301 g/mol. The fourth-order valence-electron chi connectivity index (χ4n) is 2.32. The molecule has 0 bridgehead atoms. The number of carbonyl (C=O) groups is 1. The normalized spacial score (nSPS) is 12.8. The largest absolute Gasteiger partial charge is 0.480 e. The van der Waals surface area contributed by atoms with Crippen molar-refractivity contribution >= 4 is 22.7 Å². The van der Waals surface area contributed by atoms with E-state index in [9.17, 15) is 9.90 Å². The van der Waals surface area contributed by atoms with Crippen LogP contribution in [0.25, 0.3) is 10.9 Å². The van der Waals surface area contributed by atoms with Crippen molar-refractivity contribution in [1.29, 1.82) is 0 Å². The minimum atomic E-state index is -0.859. The number of benzene rings is 1. The number of rotatable bonds is 6. The Morgan fingerprint density at radius 1 is 1.18 bits per heavy atom. The van der Waals surface area contributed by atoms with Crippen LogP contribution in [0.1, 0.15) is 45.9 Å². The van der Waals surface area contributed by atoms with Crippen LogP contribution in [0.2, 0.25) is 0 Å². The van der Waals surface area contributed by atoms with E-state index in [2.05, 4.69) is 15.3 Å². The number of aliphatic carboxylic acids is 1. The Labute approximate surface area is 130 Å². The van der Waals surface area contributed by atoms with Crippen molar-refractivity contribution in [3.63, 3.8) is 0 Å². The first-order valence-corrected chi connectivity index (χ1v) is 7.64. The van der Waals surface area contributed by atoms with E-state index in [0.29, 0.717) is 12.2 Å². The van der Waals surface area contributed by atoms with Gasteiger partial charge in [-0.25, -0.2) is 14.8 Å². The third kappa shape index (κ3) is 3.72. The van der Waals surface area contributed by atoms with Gasteiger partial charge in [-0.05, 0) is 24.5 Å². The molecule has 118 valence electrons. The fraction of sp³-hybridized carbons (Fsp3) is 0.471. The maximum Gasteiger partial charge on any atom is 0.326 e. The van der Waals surface area contributed by atoms with E-state index in [4.69, 9.17) is 0 Å². The molecular formula is C17H23N3O2. The first-order chi connectivity index (χ1) is 10.4. The average molecular weight is 301 g/mol. The van der Waals surface area contributed by atoms with Crippen LogP contribution >= 0.6 is 0 Å². The van der Waals surface area contributed by atoms with Crippen LogP contribution in [0.5, 0.6) is 0 Å². The van der Waals surface area contributed by atoms with Crippen molar-refractivity contribution in [1.82, 2.24) is 9.97 Å². The zero-order chi connectivity index (χ0) is 16.3. The lowest BCUT2D eigenvalue weighted by atomic mass is 10.0. The molecule has 5 nitrogen and oxygen atoms in total. The highest BCUT2D eigenvalue weighted by molar-refractivity contribution is 5.90. The maximum absolute atomic E-state index is 11.5. The number of hydrogen-bond acceptors (Lipinski definition) is 4. The van der Waals surface area contributed by atoms with Crippen molar-refractivity contribution in [2.45, 2.75) is 46.1 Å². The average Bonchev–Trinajstić information content (AvgIpc) is 2.45. The molecule has 0 aliphatic heterocycles. The van der Waals surface area contributed by atoms with Gasteiger partial charge in [0.1, 0.15) is 17.7 Å². The number of carboxylic acids is 1. The van der Waals surface area contributed by atoms with Crippen LogP contribution < -0.4 is 5.32 Å². The summed E-state index contributed by atoms with van der Waals surface area (Å²) in [7, 11) is 0. The quantitative estimate of drug-likeness (QED) is 0.851. The number of fused-ring (bicyclic) bond motifs is 1. The van der Waals surface area contributed by atoms with Gasteiger partial charge in [0, 0.05) is 11.3 Å². The van der Waals surface area contributed by atoms with Crippen LogP contribution in [0.15, 0.2) is 24.3 Å². The van der Waals surface area contributed by atoms with E-state index >= 15 is 0 Å². The molecule has 1 aromatic carbocycles. The van der Waals surface area contributed by atoms with Gasteiger partial charge in [0.25, 0.3) is 0 Å². The summed E-state index contributed by atoms with van der Waals surface area (Å²) in [6.45, 7) is 8.07. The number of anilines is 1. The highest BCUT2D eigenvalue weighted by atomic mass is 16.4. The van der Waals surface area contributed by atoms with Gasteiger partial charge < -0.3 is 10.4 Å². The predicted octanol–water partition coefficient (Wildman–Crippen LogP) is 3.66. The van der Waals surface area contributed by atoms with E-state index in [1.165, 1.54) is 0 Å². The molecule has 22 heavy (non-hydrogen) atoms. The fourth-order valence-corrected chi connectivity index (χ4v) is 2.32. The van der Waals surface area contributed by atoms with Gasteiger partial charge in [-0.3, -0.25) is 0 Å². The van der Waals surface area contributed by atoms with Crippen LogP contribution in [-0.2, 0) is 4.79 Å². The van der Waals surface area contributed by atoms with E-state index in [-0.39, 0.29) is 11.8 Å². The molecule has 2 N–H and O–H groups in total. The molecule has 0 fully saturated rings. The van der Waals surface area contributed by atoms with Gasteiger partial charge in [0.2, 0.25) is 0 Å². The summed E-state index contributed by atoms with van der Waals surface area (Å²) in [6.07, 6.45) is 0.546. The van der Waals surface area contributed by atoms with Crippen LogP contribution in [0, 0.1) is 5.92 Å². The molecule has 0 saturated carbocycles. The Morgan fingerprint density at radius 3 is 2.45 bits per heavy atom. The summed E-state index contributed by atoms with van der Waals surface area (Å²) >= 11 is 0. The van der Waals surface area contributed by atoms with E-state index in [1.807, 2.05) is 52.0 Å². The highest BCUT2D eigenvalue weighted by Crippen LogP contribution is 2.24. The first-order valence-electron chi connectivity index (χ1n) is 7.64. The molecule has 0 aliphatic rings. The first kappa shape index (κ1) is 16.2. The lowest BCUT2D eigenvalue weighted by Gasteiger charge is -2.19. The molecule has 0 amide bonds. The highest BCUT2D eigenvalue weighted by Gasteiger charge is 2.21. The van der Waals surface area contributed by atoms with Crippen molar-refractivity contribution < 1.29 is 9.90 Å². The van der Waals surface area contributed by atoms with Gasteiger partial charge in [0.05, 0.1) is 5.52 Å². The Kier molecular flexibility index (Phi) is 4.96. The zero-order valence-electron chi connectivity index (χ0n) is 13.5. The van der Waals surface area contributed by atoms with Crippen molar-refractivity contribution in [2.24, 2.45) is 5.92 Å². The Hall–Kier alpha value is -2.17. The molecule has 0 spiro atoms. The van der Waals surface area contributed by atoms with Crippen molar-refractivity contribution in [3.8, 4) is 0 Å². The Balaban J connectivity index is 2.45. The lowest BCUT2D eigenvalue weighted by molar-refractivity contribution is -0.138. The smallest absolute Gasteiger partial charge is 0.326 e. The van der Waals surface area contributed by atoms with Crippen LogP contribution in [-0.4, -0.2) is 27.1 Å². The summed E-state index contributed by atoms with van der Waals surface area (Å²) < 4.78 is 0. The number of nitrogens with zero attached hydrogens (tertiary/aromatic N) is 2. The minimum Gasteiger partial charge on any atom is -0.480 e. The molecule has 1 unspecified atom stereocenters. The maximum atomic E-state index is 11.5. The second-order valence-corrected chi connectivity index (χ2v) is 6.27. The number of carboxylic acid groups (broad SMARTS) is 1. The van der Waals surface area contributed by atoms with Crippen LogP contribution in [0.4, 0.5) is 5.82 Å². The lowest BCUT2D eigenvalue weighted by Crippen LogP contribution is -2.31. The number of aromatic nitrogens is 2. The molecule has 1 heterocycles. The number of hydrogen-bond donors (Lipinski definition) is 2. The van der Waals surface area contributed by atoms with E-state index in [1.54, 1.807) is 0 Å². The molecular weight excluding hydrogens is 278 g/mol. The molecule has 5 heteroatoms. The van der Waals surface area contributed by atoms with Gasteiger partial charge >= 0.3 is 5.97 Å². The second kappa shape index (κ2) is 6.73. The second-order valence-electron chi connectivity index (χ2n) is 6.27. The molecule has 1 aromatic heterocycles. The summed E-state index contributed by atoms with van der Waals surface area (Å²) in [4.78, 5) is 20.6. The van der Waals surface area contributed by atoms with Gasteiger partial charge in [-0.15, -0.1) is 0 Å². The van der Waals surface area contributed by atoms with Crippen molar-refractivity contribution in [2.75, 3.05) is 5.32 Å². The Bertz CT molecular complexity index is 668. The van der Waals surface area contributed by atoms with Crippen molar-refractivity contribution in [3.05, 3.63) is 30.1 Å². The number of para-hydroxylation sites is 1. The third-order valence-electron chi connectivity index (χ3n) is 3.45. The van der Waals surface area contributed by atoms with Crippen LogP contribution in [0.3, 0.4) is 0 Å². The Morgan fingerprint density at radius 2 is 1.86 bits per heavy atom. The van der Waals surface area contributed by atoms with E-state index < -0.39 is 12.0 Å². The molecule has 0 saturated heterocycles. The summed E-state index contributed by atoms with van der Waals surface area (Å²) in [6, 6.07) is 7.01. The summed E-state index contributed by atoms with van der Waals surface area (Å²) in [5.41, 5.74) is 0.831. The van der Waals surface area contributed by atoms with Gasteiger partial charge in [-0.1, -0.05) is 39.8 Å². The molecule has 0 radical (unpaired) electrons. The minimum absolute atomic E-state index is 0.179. The molecule has 2 aromatic rings. The number of nitrogens with one attached hydrogen (secondary N) is 1. The topological polar surface area (TPSA) is 75.1 Å². The molecule has 2 rings (SSSR count). The molecule has 1 atom stereocenters. The molecule has 0 aliphatic carbocycles. The van der Waals surface area contributed by atoms with Gasteiger partial charge in [-0.2, -0.15) is 0 Å². The third-order valence-corrected chi connectivity index (χ3v) is 3.45. The van der Waals surface area contributed by atoms with Gasteiger partial charge in [0.15, 0.2) is 0 Å².